The lowest BCUT2D eigenvalue weighted by Crippen LogP contribution is -2.54. The van der Waals surface area contributed by atoms with Gasteiger partial charge in [0.1, 0.15) is 12.4 Å². The summed E-state index contributed by atoms with van der Waals surface area (Å²) in [4.78, 5) is 55.5. The van der Waals surface area contributed by atoms with Crippen LogP contribution < -0.4 is 15.5 Å². The Morgan fingerprint density at radius 3 is 2.15 bits per heavy atom. The van der Waals surface area contributed by atoms with Gasteiger partial charge in [-0.15, -0.1) is 0 Å². The van der Waals surface area contributed by atoms with Crippen molar-refractivity contribution in [1.82, 2.24) is 20.4 Å². The molecule has 0 unspecified atom stereocenters. The first-order valence-electron chi connectivity index (χ1n) is 15.8. The number of nitrogens with one attached hydrogen (secondary N) is 3. The highest BCUT2D eigenvalue weighted by molar-refractivity contribution is 6.04. The number of benzene rings is 2. The lowest BCUT2D eigenvalue weighted by molar-refractivity contribution is -0.157. The van der Waals surface area contributed by atoms with Gasteiger partial charge in [0.25, 0.3) is 5.91 Å². The molecule has 3 fully saturated rings. The summed E-state index contributed by atoms with van der Waals surface area (Å²) >= 11 is 0. The van der Waals surface area contributed by atoms with E-state index in [1.54, 1.807) is 17.0 Å². The van der Waals surface area contributed by atoms with Gasteiger partial charge in [-0.25, -0.2) is 9.59 Å². The zero-order chi connectivity index (χ0) is 32.3. The van der Waals surface area contributed by atoms with Gasteiger partial charge < -0.3 is 34.2 Å². The number of anilines is 1. The molecule has 246 valence electrons. The second-order valence-electron chi connectivity index (χ2n) is 11.7. The Morgan fingerprint density at radius 2 is 1.48 bits per heavy atom. The van der Waals surface area contributed by atoms with Crippen molar-refractivity contribution in [3.8, 4) is 0 Å². The van der Waals surface area contributed by atoms with Crippen LogP contribution in [-0.2, 0) is 30.4 Å². The Kier molecular flexibility index (Phi) is 11.4. The van der Waals surface area contributed by atoms with Crippen LogP contribution >= 0.6 is 0 Å². The molecule has 4 amide bonds. The highest BCUT2D eigenvalue weighted by Gasteiger charge is 2.30. The number of nitrogens with zero attached hydrogens (tertiary/aromatic N) is 3. The fraction of sp³-hybridized carbons (Fsp3) is 0.485. The third kappa shape index (κ3) is 9.19. The maximum absolute atomic E-state index is 13.0. The van der Waals surface area contributed by atoms with Crippen molar-refractivity contribution < 1.29 is 33.4 Å². The van der Waals surface area contributed by atoms with Gasteiger partial charge in [0.2, 0.25) is 0 Å². The fourth-order valence-corrected chi connectivity index (χ4v) is 5.83. The normalized spacial score (nSPS) is 20.0. The molecular formula is C33H42N6O7. The number of alkyl carbamates (subject to hydrolysis) is 1. The van der Waals surface area contributed by atoms with Crippen molar-refractivity contribution in [2.45, 2.75) is 38.3 Å². The molecule has 2 saturated heterocycles. The topological polar surface area (TPSA) is 154 Å². The second kappa shape index (κ2) is 16.1. The highest BCUT2D eigenvalue weighted by Crippen LogP contribution is 2.26. The first-order chi connectivity index (χ1) is 22.4. The molecule has 2 aromatic rings. The SMILES string of the molecule is N=C(NC(=O)OCc1ccccc1)c1ccc(N2CCN(C(=O)N[C@H]3CC[C@H](C(=O)OCC(=O)N4CCOCC4)CC3)CC2)cc1. The van der Waals surface area contributed by atoms with Crippen LogP contribution in [0.15, 0.2) is 54.6 Å². The maximum atomic E-state index is 13.0. The molecule has 0 spiro atoms. The average molecular weight is 635 g/mol. The van der Waals surface area contributed by atoms with Gasteiger partial charge in [0.15, 0.2) is 6.61 Å². The summed E-state index contributed by atoms with van der Waals surface area (Å²) in [6, 6.07) is 16.6. The number of morpholine rings is 1. The molecule has 2 heterocycles. The summed E-state index contributed by atoms with van der Waals surface area (Å²) < 4.78 is 15.7. The zero-order valence-corrected chi connectivity index (χ0v) is 25.9. The molecule has 46 heavy (non-hydrogen) atoms. The molecule has 13 nitrogen and oxygen atoms in total. The average Bonchev–Trinajstić information content (AvgIpc) is 3.10. The van der Waals surface area contributed by atoms with Gasteiger partial charge in [0, 0.05) is 56.6 Å². The lowest BCUT2D eigenvalue weighted by atomic mass is 9.86. The summed E-state index contributed by atoms with van der Waals surface area (Å²) in [5.74, 6) is -0.837. The molecule has 3 aliphatic rings. The minimum absolute atomic E-state index is 0.00310. The summed E-state index contributed by atoms with van der Waals surface area (Å²) in [5.41, 5.74) is 2.40. The van der Waals surface area contributed by atoms with E-state index in [4.69, 9.17) is 19.6 Å². The molecule has 2 aromatic carbocycles. The van der Waals surface area contributed by atoms with Gasteiger partial charge in [-0.1, -0.05) is 30.3 Å². The quantitative estimate of drug-likeness (QED) is 0.228. The van der Waals surface area contributed by atoms with Crippen LogP contribution in [0.1, 0.15) is 36.8 Å². The number of rotatable bonds is 8. The van der Waals surface area contributed by atoms with Crippen LogP contribution in [0.3, 0.4) is 0 Å². The molecule has 13 heteroatoms. The highest BCUT2D eigenvalue weighted by atomic mass is 16.5. The van der Waals surface area contributed by atoms with Crippen molar-refractivity contribution >= 4 is 35.5 Å². The number of piperazine rings is 1. The predicted octanol–water partition coefficient (Wildman–Crippen LogP) is 2.73. The van der Waals surface area contributed by atoms with E-state index in [9.17, 15) is 19.2 Å². The Morgan fingerprint density at radius 1 is 0.804 bits per heavy atom. The first kappa shape index (κ1) is 32.7. The van der Waals surface area contributed by atoms with Crippen molar-refractivity contribution in [3.05, 3.63) is 65.7 Å². The number of esters is 1. The smallest absolute Gasteiger partial charge is 0.413 e. The third-order valence-corrected chi connectivity index (χ3v) is 8.62. The predicted molar refractivity (Wildman–Crippen MR) is 169 cm³/mol. The lowest BCUT2D eigenvalue weighted by Gasteiger charge is -2.37. The van der Waals surface area contributed by atoms with Gasteiger partial charge in [-0.3, -0.25) is 20.3 Å². The Hall–Kier alpha value is -4.65. The number of hydrogen-bond acceptors (Lipinski definition) is 9. The standard InChI is InChI=1S/C33H42N6O7/c34-30(36-33(43)46-22-24-4-2-1-3-5-24)25-8-12-28(13-9-25)37-14-16-39(17-15-37)32(42)35-27-10-6-26(7-11-27)31(41)45-23-29(40)38-18-20-44-21-19-38/h1-5,8-9,12-13,26-27H,6-7,10-11,14-23H2,(H,35,42)(H2,34,36,43)/t26-,27-. The van der Waals surface area contributed by atoms with Gasteiger partial charge in [0.05, 0.1) is 19.1 Å². The number of amidine groups is 1. The third-order valence-electron chi connectivity index (χ3n) is 8.62. The van der Waals surface area contributed by atoms with Crippen molar-refractivity contribution in [2.24, 2.45) is 5.92 Å². The molecule has 5 rings (SSSR count). The molecule has 1 saturated carbocycles. The van der Waals surface area contributed by atoms with Crippen LogP contribution in [0.25, 0.3) is 0 Å². The van der Waals surface area contributed by atoms with Gasteiger partial charge in [-0.05, 0) is 55.5 Å². The maximum Gasteiger partial charge on any atom is 0.413 e. The molecule has 1 aliphatic carbocycles. The molecule has 0 atom stereocenters. The summed E-state index contributed by atoms with van der Waals surface area (Å²) in [6.07, 6.45) is 1.91. The second-order valence-corrected chi connectivity index (χ2v) is 11.7. The van der Waals surface area contributed by atoms with E-state index < -0.39 is 6.09 Å². The molecule has 0 radical (unpaired) electrons. The summed E-state index contributed by atoms with van der Waals surface area (Å²) in [6.45, 7) is 4.39. The Labute approximate surface area is 268 Å². The van der Waals surface area contributed by atoms with Crippen LogP contribution in [0.5, 0.6) is 0 Å². The van der Waals surface area contributed by atoms with E-state index in [0.29, 0.717) is 83.7 Å². The first-order valence-corrected chi connectivity index (χ1v) is 15.8. The largest absolute Gasteiger partial charge is 0.455 e. The van der Waals surface area contributed by atoms with E-state index in [2.05, 4.69) is 15.5 Å². The van der Waals surface area contributed by atoms with Crippen molar-refractivity contribution in [2.75, 3.05) is 64.0 Å². The monoisotopic (exact) mass is 634 g/mol. The number of hydrogen-bond donors (Lipinski definition) is 3. The van der Waals surface area contributed by atoms with Crippen molar-refractivity contribution in [3.63, 3.8) is 0 Å². The molecule has 0 bridgehead atoms. The number of ether oxygens (including phenoxy) is 3. The Balaban J connectivity index is 0.976. The number of carbonyl (C=O) groups is 4. The van der Waals surface area contributed by atoms with Crippen LogP contribution in [-0.4, -0.2) is 105 Å². The van der Waals surface area contributed by atoms with Crippen molar-refractivity contribution in [1.29, 1.82) is 5.41 Å². The molecular weight excluding hydrogens is 592 g/mol. The minimum atomic E-state index is -0.685. The summed E-state index contributed by atoms with van der Waals surface area (Å²) in [7, 11) is 0. The fourth-order valence-electron chi connectivity index (χ4n) is 5.83. The van der Waals surface area contributed by atoms with E-state index >= 15 is 0 Å². The molecule has 0 aromatic heterocycles. The number of urea groups is 1. The Bertz CT molecular complexity index is 1350. The zero-order valence-electron chi connectivity index (χ0n) is 25.9. The van der Waals surface area contributed by atoms with Crippen LogP contribution in [0.4, 0.5) is 15.3 Å². The molecule has 2 aliphatic heterocycles. The van der Waals surface area contributed by atoms with E-state index in [0.717, 1.165) is 11.3 Å². The van der Waals surface area contributed by atoms with Crippen LogP contribution in [0.2, 0.25) is 0 Å². The van der Waals surface area contributed by atoms with Gasteiger partial charge in [-0.2, -0.15) is 0 Å². The molecule has 3 N–H and O–H groups in total. The van der Waals surface area contributed by atoms with Gasteiger partial charge >= 0.3 is 18.1 Å². The van der Waals surface area contributed by atoms with Crippen LogP contribution in [0, 0.1) is 11.3 Å². The minimum Gasteiger partial charge on any atom is -0.455 e. The van der Waals surface area contributed by atoms with E-state index in [-0.39, 0.29) is 48.9 Å². The van der Waals surface area contributed by atoms with E-state index in [1.807, 2.05) is 47.4 Å². The number of amides is 4. The van der Waals surface area contributed by atoms with E-state index in [1.165, 1.54) is 0 Å². The summed E-state index contributed by atoms with van der Waals surface area (Å²) in [5, 5.41) is 13.8. The number of carbonyl (C=O) groups excluding carboxylic acids is 4.